The predicted octanol–water partition coefficient (Wildman–Crippen LogP) is 2.26. The molecule has 6 heteroatoms. The van der Waals surface area contributed by atoms with Gasteiger partial charge in [-0.15, -0.1) is 0 Å². The van der Waals surface area contributed by atoms with Crippen molar-refractivity contribution in [2.45, 2.75) is 39.5 Å². The van der Waals surface area contributed by atoms with Gasteiger partial charge in [-0.1, -0.05) is 5.57 Å². The summed E-state index contributed by atoms with van der Waals surface area (Å²) in [6.07, 6.45) is 2.40. The number of carbonyl (C=O) groups excluding carboxylic acids is 2. The number of carbonyl (C=O) groups is 2. The van der Waals surface area contributed by atoms with Gasteiger partial charge < -0.3 is 9.47 Å². The van der Waals surface area contributed by atoms with Gasteiger partial charge in [-0.3, -0.25) is 9.59 Å². The third kappa shape index (κ3) is 3.65. The second-order valence-corrected chi connectivity index (χ2v) is 5.15. The molecule has 0 aromatic heterocycles. The highest BCUT2D eigenvalue weighted by molar-refractivity contribution is 6.00. The molecule has 0 bridgehead atoms. The Hall–Kier alpha value is -2.34. The van der Waals surface area contributed by atoms with Gasteiger partial charge in [-0.2, -0.15) is 10.5 Å². The molecule has 1 fully saturated rings. The molecule has 0 aromatic carbocycles. The van der Waals surface area contributed by atoms with Crippen LogP contribution in [0.15, 0.2) is 11.6 Å². The molecule has 118 valence electrons. The summed E-state index contributed by atoms with van der Waals surface area (Å²) >= 11 is 0. The molecule has 0 amide bonds. The Balaban J connectivity index is 3.16. The number of hydrogen-bond donors (Lipinski definition) is 0. The van der Waals surface area contributed by atoms with Crippen LogP contribution in [0, 0.1) is 34.0 Å². The van der Waals surface area contributed by atoms with Gasteiger partial charge >= 0.3 is 11.9 Å². The molecule has 0 aliphatic heterocycles. The Morgan fingerprint density at radius 3 is 2.32 bits per heavy atom. The fraction of sp³-hybridized carbons (Fsp3) is 0.625. The van der Waals surface area contributed by atoms with E-state index in [1.54, 1.807) is 13.8 Å². The lowest BCUT2D eigenvalue weighted by atomic mass is 9.67. The summed E-state index contributed by atoms with van der Waals surface area (Å²) in [5.74, 6) is -1.35. The quantitative estimate of drug-likeness (QED) is 0.439. The van der Waals surface area contributed by atoms with Crippen LogP contribution in [0.3, 0.4) is 0 Å². The maximum Gasteiger partial charge on any atom is 0.323 e. The second-order valence-electron chi connectivity index (χ2n) is 5.15. The molecule has 1 aliphatic carbocycles. The van der Waals surface area contributed by atoms with Crippen molar-refractivity contribution in [3.05, 3.63) is 11.6 Å². The monoisotopic (exact) mass is 304 g/mol. The Labute approximate surface area is 130 Å². The Morgan fingerprint density at radius 1 is 1.27 bits per heavy atom. The third-order valence-corrected chi connectivity index (χ3v) is 3.87. The third-order valence-electron chi connectivity index (χ3n) is 3.87. The highest BCUT2D eigenvalue weighted by Gasteiger charge is 2.52. The van der Waals surface area contributed by atoms with Crippen LogP contribution < -0.4 is 0 Å². The van der Waals surface area contributed by atoms with E-state index in [9.17, 15) is 9.59 Å². The van der Waals surface area contributed by atoms with E-state index in [0.29, 0.717) is 12.0 Å². The number of nitrogens with zero attached hydrogens (tertiary/aromatic N) is 2. The first-order chi connectivity index (χ1) is 10.6. The molecule has 1 unspecified atom stereocenters. The van der Waals surface area contributed by atoms with Gasteiger partial charge in [0.25, 0.3) is 0 Å². The van der Waals surface area contributed by atoms with Crippen molar-refractivity contribution < 1.29 is 19.1 Å². The highest BCUT2D eigenvalue weighted by Crippen LogP contribution is 2.45. The van der Waals surface area contributed by atoms with E-state index in [0.717, 1.165) is 0 Å². The highest BCUT2D eigenvalue weighted by atomic mass is 16.6. The summed E-state index contributed by atoms with van der Waals surface area (Å²) in [6, 6.07) is 4.01. The van der Waals surface area contributed by atoms with Gasteiger partial charge in [0.1, 0.15) is 0 Å². The van der Waals surface area contributed by atoms with Crippen molar-refractivity contribution >= 4 is 11.9 Å². The average Bonchev–Trinajstić information content (AvgIpc) is 2.50. The molecular weight excluding hydrogens is 284 g/mol. The maximum absolute atomic E-state index is 12.4. The van der Waals surface area contributed by atoms with Crippen LogP contribution in [0.2, 0.25) is 0 Å². The minimum atomic E-state index is -1.40. The zero-order valence-corrected chi connectivity index (χ0v) is 12.9. The topological polar surface area (TPSA) is 100 Å². The Bertz CT molecular complexity index is 521. The maximum atomic E-state index is 12.4. The van der Waals surface area contributed by atoms with Gasteiger partial charge in [0, 0.05) is 12.5 Å². The van der Waals surface area contributed by atoms with Crippen molar-refractivity contribution in [3.63, 3.8) is 0 Å². The molecule has 0 aromatic rings. The van der Waals surface area contributed by atoms with E-state index in [1.165, 1.54) is 6.08 Å². The predicted molar refractivity (Wildman–Crippen MR) is 77.0 cm³/mol. The minimum absolute atomic E-state index is 0.0740. The van der Waals surface area contributed by atoms with E-state index in [1.807, 2.05) is 6.07 Å². The first kappa shape index (κ1) is 17.7. The van der Waals surface area contributed by atoms with Crippen molar-refractivity contribution in [2.24, 2.45) is 11.3 Å². The zero-order valence-electron chi connectivity index (χ0n) is 12.9. The normalized spacial score (nSPS) is 21.5. The van der Waals surface area contributed by atoms with Gasteiger partial charge in [-0.05, 0) is 39.0 Å². The fourth-order valence-electron chi connectivity index (χ4n) is 2.75. The minimum Gasteiger partial charge on any atom is -0.465 e. The molecule has 0 radical (unpaired) electrons. The lowest BCUT2D eigenvalue weighted by Crippen LogP contribution is -2.45. The fourth-order valence-corrected chi connectivity index (χ4v) is 2.75. The van der Waals surface area contributed by atoms with Gasteiger partial charge in [0.15, 0.2) is 5.41 Å². The number of nitriles is 2. The summed E-state index contributed by atoms with van der Waals surface area (Å²) in [7, 11) is 0. The van der Waals surface area contributed by atoms with E-state index in [2.05, 4.69) is 6.07 Å². The standard InChI is InChI=1S/C16H20N2O4/c1-3-21-14(19)16(15(20)22-4-2)8-5-12(6-9-17)13(11-16)7-10-18/h7,12H,3-6,8,11H2,1-2H3/b13-7-. The average molecular weight is 304 g/mol. The first-order valence-corrected chi connectivity index (χ1v) is 7.35. The number of allylic oxidation sites excluding steroid dienone is 2. The lowest BCUT2D eigenvalue weighted by Gasteiger charge is -2.36. The molecule has 1 aliphatic rings. The summed E-state index contributed by atoms with van der Waals surface area (Å²) in [6.45, 7) is 3.67. The Morgan fingerprint density at radius 2 is 1.86 bits per heavy atom. The number of ether oxygens (including phenoxy) is 2. The molecule has 22 heavy (non-hydrogen) atoms. The SMILES string of the molecule is CCOC(=O)C1(C(=O)OCC)CCC(CC#N)/C(=C\C#N)C1. The van der Waals surface area contributed by atoms with Crippen molar-refractivity contribution in [3.8, 4) is 12.1 Å². The largest absolute Gasteiger partial charge is 0.465 e. The van der Waals surface area contributed by atoms with Gasteiger partial charge in [0.05, 0.1) is 25.4 Å². The van der Waals surface area contributed by atoms with Gasteiger partial charge in [-0.25, -0.2) is 0 Å². The molecule has 0 heterocycles. The van der Waals surface area contributed by atoms with E-state index >= 15 is 0 Å². The molecular formula is C16H20N2O4. The van der Waals surface area contributed by atoms with Crippen LogP contribution in [0.1, 0.15) is 39.5 Å². The van der Waals surface area contributed by atoms with Crippen molar-refractivity contribution in [1.82, 2.24) is 0 Å². The molecule has 6 nitrogen and oxygen atoms in total. The van der Waals surface area contributed by atoms with Crippen LogP contribution in [-0.2, 0) is 19.1 Å². The van der Waals surface area contributed by atoms with Crippen molar-refractivity contribution in [1.29, 1.82) is 10.5 Å². The molecule has 0 spiro atoms. The molecule has 1 rings (SSSR count). The summed E-state index contributed by atoms with van der Waals surface area (Å²) < 4.78 is 10.1. The van der Waals surface area contributed by atoms with E-state index in [-0.39, 0.29) is 38.4 Å². The second kappa shape index (κ2) is 8.19. The number of rotatable bonds is 5. The molecule has 0 N–H and O–H groups in total. The Kier molecular flexibility index (Phi) is 6.59. The number of hydrogen-bond acceptors (Lipinski definition) is 6. The summed E-state index contributed by atoms with van der Waals surface area (Å²) in [5, 5.41) is 17.8. The number of esters is 2. The molecule has 1 atom stereocenters. The van der Waals surface area contributed by atoms with Crippen LogP contribution in [0.4, 0.5) is 0 Å². The summed E-state index contributed by atoms with van der Waals surface area (Å²) in [5.41, 5.74) is -0.767. The lowest BCUT2D eigenvalue weighted by molar-refractivity contribution is -0.174. The molecule has 0 saturated heterocycles. The van der Waals surface area contributed by atoms with Crippen LogP contribution in [-0.4, -0.2) is 25.2 Å². The van der Waals surface area contributed by atoms with Crippen LogP contribution >= 0.6 is 0 Å². The van der Waals surface area contributed by atoms with Crippen LogP contribution in [0.25, 0.3) is 0 Å². The first-order valence-electron chi connectivity index (χ1n) is 7.35. The molecule has 1 saturated carbocycles. The zero-order chi connectivity index (χ0) is 16.6. The van der Waals surface area contributed by atoms with Gasteiger partial charge in [0.2, 0.25) is 0 Å². The van der Waals surface area contributed by atoms with Crippen molar-refractivity contribution in [2.75, 3.05) is 13.2 Å². The summed E-state index contributed by atoms with van der Waals surface area (Å²) in [4.78, 5) is 24.7. The van der Waals surface area contributed by atoms with E-state index in [4.69, 9.17) is 20.0 Å². The van der Waals surface area contributed by atoms with E-state index < -0.39 is 17.4 Å². The van der Waals surface area contributed by atoms with Crippen LogP contribution in [0.5, 0.6) is 0 Å². The smallest absolute Gasteiger partial charge is 0.323 e.